The predicted molar refractivity (Wildman–Crippen MR) is 88.8 cm³/mol. The number of nitrogens with one attached hydrogen (secondary N) is 2. The summed E-state index contributed by atoms with van der Waals surface area (Å²) in [5, 5.41) is 13.1. The molecule has 14 heteroatoms. The molecule has 0 radical (unpaired) electrons. The zero-order valence-electron chi connectivity index (χ0n) is 13.9. The molecule has 0 aromatic carbocycles. The van der Waals surface area contributed by atoms with E-state index in [1.165, 1.54) is 13.8 Å². The van der Waals surface area contributed by atoms with Crippen molar-refractivity contribution in [2.24, 2.45) is 9.87 Å². The van der Waals surface area contributed by atoms with E-state index in [-0.39, 0.29) is 12.2 Å². The topological polar surface area (TPSA) is 208 Å². The fourth-order valence-electron chi connectivity index (χ4n) is 1.53. The molecular formula is C11H23N4O8PS. The fraction of sp³-hybridized carbons (Fsp3) is 0.727. The number of amides is 2. The third-order valence-electron chi connectivity index (χ3n) is 2.90. The van der Waals surface area contributed by atoms with Crippen molar-refractivity contribution in [3.8, 4) is 0 Å². The van der Waals surface area contributed by atoms with Gasteiger partial charge in [-0.2, -0.15) is 0 Å². The van der Waals surface area contributed by atoms with Gasteiger partial charge in [0.25, 0.3) is 0 Å². The van der Waals surface area contributed by atoms with Gasteiger partial charge in [0.2, 0.25) is 11.8 Å². The molecule has 25 heavy (non-hydrogen) atoms. The molecule has 0 aromatic rings. The zero-order valence-corrected chi connectivity index (χ0v) is 15.6. The number of carboxylic acids is 1. The van der Waals surface area contributed by atoms with Crippen LogP contribution in [0.1, 0.15) is 20.3 Å². The van der Waals surface area contributed by atoms with Crippen LogP contribution in [-0.2, 0) is 28.7 Å². The van der Waals surface area contributed by atoms with E-state index in [2.05, 4.69) is 14.8 Å². The number of nitrogens with zero attached hydrogens (tertiary/aromatic N) is 1. The first-order chi connectivity index (χ1) is 11.1. The Morgan fingerprint density at radius 1 is 1.16 bits per heavy atom. The van der Waals surface area contributed by atoms with Gasteiger partial charge in [0, 0.05) is 12.0 Å². The van der Waals surface area contributed by atoms with Gasteiger partial charge in [-0.3, -0.25) is 14.4 Å². The molecule has 146 valence electrons. The number of aliphatic carboxylic acids is 1. The molecule has 0 spiro atoms. The number of carboxylic acid groups (broad SMARTS) is 1. The summed E-state index contributed by atoms with van der Waals surface area (Å²) in [6.07, 6.45) is 0.838. The molecule has 0 saturated carbocycles. The van der Waals surface area contributed by atoms with Crippen LogP contribution in [0.25, 0.3) is 0 Å². The molecule has 7 N–H and O–H groups in total. The van der Waals surface area contributed by atoms with E-state index in [0.29, 0.717) is 0 Å². The van der Waals surface area contributed by atoms with Gasteiger partial charge in [0.1, 0.15) is 12.1 Å². The van der Waals surface area contributed by atoms with Crippen molar-refractivity contribution < 1.29 is 38.1 Å². The van der Waals surface area contributed by atoms with Crippen molar-refractivity contribution in [1.82, 2.24) is 10.6 Å². The van der Waals surface area contributed by atoms with E-state index in [1.807, 2.05) is 0 Å². The van der Waals surface area contributed by atoms with Crippen LogP contribution in [0.2, 0.25) is 0 Å². The summed E-state index contributed by atoms with van der Waals surface area (Å²) in [6, 6.07) is -3.40. The van der Waals surface area contributed by atoms with Crippen LogP contribution >= 0.6 is 7.75 Å². The summed E-state index contributed by atoms with van der Waals surface area (Å²) in [5.41, 5.74) is 5.59. The lowest BCUT2D eigenvalue weighted by Crippen LogP contribution is -2.52. The third kappa shape index (κ3) is 10.1. The average Bonchev–Trinajstić information content (AvgIpc) is 2.41. The first-order valence-electron chi connectivity index (χ1n) is 7.00. The van der Waals surface area contributed by atoms with Crippen LogP contribution < -0.4 is 16.4 Å². The SMILES string of the molecule is C[C@H](NC(=O)[C@@H](N)CC[S@@](C)(=O)=NP(=O)(O)O)C(=O)N[C@H](C)C(=O)O. The maximum atomic E-state index is 11.9. The first kappa shape index (κ1) is 23.5. The van der Waals surface area contributed by atoms with Crippen molar-refractivity contribution in [3.05, 3.63) is 0 Å². The molecular weight excluding hydrogens is 379 g/mol. The lowest BCUT2D eigenvalue weighted by Gasteiger charge is -2.18. The van der Waals surface area contributed by atoms with Crippen molar-refractivity contribution in [2.45, 2.75) is 38.4 Å². The lowest BCUT2D eigenvalue weighted by atomic mass is 10.2. The Morgan fingerprint density at radius 2 is 1.64 bits per heavy atom. The molecule has 0 aliphatic carbocycles. The predicted octanol–water partition coefficient (Wildman–Crippen LogP) is -2.01. The van der Waals surface area contributed by atoms with Crippen molar-refractivity contribution in [3.63, 3.8) is 0 Å². The molecule has 0 fully saturated rings. The highest BCUT2D eigenvalue weighted by Crippen LogP contribution is 2.37. The zero-order chi connectivity index (χ0) is 20.0. The minimum atomic E-state index is -4.82. The van der Waals surface area contributed by atoms with Crippen molar-refractivity contribution in [2.75, 3.05) is 12.0 Å². The van der Waals surface area contributed by atoms with Gasteiger partial charge < -0.3 is 31.3 Å². The van der Waals surface area contributed by atoms with Crippen LogP contribution in [0.15, 0.2) is 4.13 Å². The van der Waals surface area contributed by atoms with Crippen LogP contribution in [0.4, 0.5) is 0 Å². The molecule has 0 heterocycles. The molecule has 2 amide bonds. The Balaban J connectivity index is 4.64. The highest BCUT2D eigenvalue weighted by atomic mass is 32.2. The minimum Gasteiger partial charge on any atom is -0.480 e. The Bertz CT molecular complexity index is 684. The van der Waals surface area contributed by atoms with E-state index in [0.717, 1.165) is 6.26 Å². The van der Waals surface area contributed by atoms with Crippen LogP contribution in [0.5, 0.6) is 0 Å². The molecule has 12 nitrogen and oxygen atoms in total. The van der Waals surface area contributed by atoms with Gasteiger partial charge in [-0.25, -0.2) is 8.77 Å². The normalized spacial score (nSPS) is 17.5. The number of carbonyl (C=O) groups is 3. The van der Waals surface area contributed by atoms with Gasteiger partial charge in [-0.15, -0.1) is 4.13 Å². The summed E-state index contributed by atoms with van der Waals surface area (Å²) >= 11 is 0. The molecule has 0 aromatic heterocycles. The van der Waals surface area contributed by atoms with Crippen LogP contribution in [0.3, 0.4) is 0 Å². The molecule has 0 aliphatic rings. The van der Waals surface area contributed by atoms with Gasteiger partial charge in [-0.1, -0.05) is 0 Å². The molecule has 0 rings (SSSR count). The van der Waals surface area contributed by atoms with E-state index >= 15 is 0 Å². The summed E-state index contributed by atoms with van der Waals surface area (Å²) in [7, 11) is -8.05. The van der Waals surface area contributed by atoms with E-state index < -0.39 is 53.4 Å². The Hall–Kier alpha value is -1.53. The average molecular weight is 402 g/mol. The first-order valence-corrected chi connectivity index (χ1v) is 10.7. The summed E-state index contributed by atoms with van der Waals surface area (Å²) in [6.45, 7) is 2.57. The highest BCUT2D eigenvalue weighted by Gasteiger charge is 2.24. The minimum absolute atomic E-state index is 0.190. The summed E-state index contributed by atoms with van der Waals surface area (Å²) in [4.78, 5) is 51.6. The molecule has 0 saturated heterocycles. The second-order valence-electron chi connectivity index (χ2n) is 5.45. The van der Waals surface area contributed by atoms with E-state index in [1.54, 1.807) is 0 Å². The van der Waals surface area contributed by atoms with Gasteiger partial charge in [-0.05, 0) is 20.3 Å². The highest BCUT2D eigenvalue weighted by molar-refractivity contribution is 7.95. The van der Waals surface area contributed by atoms with E-state index in [4.69, 9.17) is 20.6 Å². The maximum Gasteiger partial charge on any atom is 0.456 e. The van der Waals surface area contributed by atoms with Gasteiger partial charge in [0.15, 0.2) is 0 Å². The summed E-state index contributed by atoms with van der Waals surface area (Å²) in [5.74, 6) is -3.07. The Morgan fingerprint density at radius 3 is 2.08 bits per heavy atom. The standard InChI is InChI=1S/C11H23N4O8PS/c1-6(9(16)14-7(2)11(18)19)13-10(17)8(12)4-5-25(3,23)15-24(20,21)22/h6-8H,4-5,12H2,1-3H3,(H,13,17)(H,14,16)(H,18,19)(H2,20,21,22)/t6-,7+,8-,25+/m0/s1. The Labute approximate surface area is 144 Å². The van der Waals surface area contributed by atoms with Crippen LogP contribution in [-0.4, -0.2) is 67.0 Å². The molecule has 0 aliphatic heterocycles. The smallest absolute Gasteiger partial charge is 0.456 e. The van der Waals surface area contributed by atoms with Crippen molar-refractivity contribution in [1.29, 1.82) is 0 Å². The molecule has 0 unspecified atom stereocenters. The second-order valence-corrected chi connectivity index (χ2v) is 9.46. The van der Waals surface area contributed by atoms with Crippen LogP contribution in [0, 0.1) is 0 Å². The quantitative estimate of drug-likeness (QED) is 0.235. The van der Waals surface area contributed by atoms with Gasteiger partial charge >= 0.3 is 13.7 Å². The second kappa shape index (κ2) is 9.25. The lowest BCUT2D eigenvalue weighted by molar-refractivity contribution is -0.141. The number of hydrogen-bond acceptors (Lipinski definition) is 6. The van der Waals surface area contributed by atoms with Gasteiger partial charge in [0.05, 0.1) is 15.8 Å². The Kier molecular flexibility index (Phi) is 8.68. The number of nitrogens with two attached hydrogens (primary N) is 1. The van der Waals surface area contributed by atoms with E-state index in [9.17, 15) is 23.2 Å². The third-order valence-corrected chi connectivity index (χ3v) is 6.13. The number of carbonyl (C=O) groups excluding carboxylic acids is 2. The largest absolute Gasteiger partial charge is 0.480 e. The monoisotopic (exact) mass is 402 g/mol. The summed E-state index contributed by atoms with van der Waals surface area (Å²) < 4.78 is 25.5. The van der Waals surface area contributed by atoms with Crippen molar-refractivity contribution >= 4 is 35.3 Å². The number of hydrogen-bond donors (Lipinski definition) is 6. The molecule has 0 bridgehead atoms. The maximum absolute atomic E-state index is 11.9. The fourth-order valence-corrected chi connectivity index (χ4v) is 4.35. The number of rotatable bonds is 9. The molecule has 4 atom stereocenters.